The highest BCUT2D eigenvalue weighted by Crippen LogP contribution is 2.27. The van der Waals surface area contributed by atoms with Crippen molar-refractivity contribution in [2.45, 2.75) is 6.61 Å². The number of ether oxygens (including phenoxy) is 1. The summed E-state index contributed by atoms with van der Waals surface area (Å²) in [5.41, 5.74) is 2.08. The van der Waals surface area contributed by atoms with Crippen molar-refractivity contribution in [1.29, 1.82) is 0 Å². The number of aromatic hydroxyl groups is 1. The number of hydrogen-bond acceptors (Lipinski definition) is 2. The topological polar surface area (TPSA) is 34.4 Å². The summed E-state index contributed by atoms with van der Waals surface area (Å²) in [4.78, 5) is 0. The molecule has 0 aliphatic carbocycles. The summed E-state index contributed by atoms with van der Waals surface area (Å²) in [7, 11) is 1.97. The van der Waals surface area contributed by atoms with E-state index in [4.69, 9.17) is 16.3 Å². The molecule has 0 aliphatic heterocycles. The smallest absolute Gasteiger partial charge is 0.161 e. The molecule has 0 saturated carbocycles. The Morgan fingerprint density at radius 2 is 1.95 bits per heavy atom. The molecule has 4 heteroatoms. The van der Waals surface area contributed by atoms with Crippen LogP contribution < -0.4 is 4.74 Å². The molecular weight excluding hydrogens is 274 g/mol. The van der Waals surface area contributed by atoms with Gasteiger partial charge in [0.25, 0.3) is 0 Å². The van der Waals surface area contributed by atoms with E-state index >= 15 is 0 Å². The molecule has 20 heavy (non-hydrogen) atoms. The van der Waals surface area contributed by atoms with Crippen molar-refractivity contribution in [3.05, 3.63) is 59.2 Å². The van der Waals surface area contributed by atoms with E-state index < -0.39 is 0 Å². The van der Waals surface area contributed by atoms with Gasteiger partial charge in [-0.3, -0.25) is 0 Å². The summed E-state index contributed by atoms with van der Waals surface area (Å²) in [5.74, 6) is 0.630. The standard InChI is InChI=1S/C16H14ClNO2/c1-18-13(8-11-6-7-12(17)9-14(11)18)10-20-16-5-3-2-4-15(16)19/h2-9,19H,10H2,1H3. The number of fused-ring (bicyclic) bond motifs is 1. The molecule has 3 aromatic rings. The molecular formula is C16H14ClNO2. The van der Waals surface area contributed by atoms with Gasteiger partial charge in [-0.1, -0.05) is 29.8 Å². The van der Waals surface area contributed by atoms with E-state index in [-0.39, 0.29) is 5.75 Å². The van der Waals surface area contributed by atoms with Gasteiger partial charge < -0.3 is 14.4 Å². The second-order valence-corrected chi connectivity index (χ2v) is 5.09. The first-order chi connectivity index (χ1) is 9.65. The molecule has 0 fully saturated rings. The van der Waals surface area contributed by atoms with E-state index in [1.165, 1.54) is 0 Å². The van der Waals surface area contributed by atoms with Crippen LogP contribution in [0.25, 0.3) is 10.9 Å². The van der Waals surface area contributed by atoms with Crippen LogP contribution in [0.2, 0.25) is 5.02 Å². The van der Waals surface area contributed by atoms with Gasteiger partial charge in [0.2, 0.25) is 0 Å². The first kappa shape index (κ1) is 12.9. The molecule has 0 atom stereocenters. The zero-order valence-electron chi connectivity index (χ0n) is 11.0. The molecule has 0 bridgehead atoms. The minimum Gasteiger partial charge on any atom is -0.504 e. The van der Waals surface area contributed by atoms with Crippen LogP contribution in [-0.2, 0) is 13.7 Å². The number of rotatable bonds is 3. The van der Waals surface area contributed by atoms with Gasteiger partial charge in [-0.2, -0.15) is 0 Å². The number of hydrogen-bond donors (Lipinski definition) is 1. The lowest BCUT2D eigenvalue weighted by atomic mass is 10.2. The number of para-hydroxylation sites is 2. The number of phenolic OH excluding ortho intramolecular Hbond substituents is 1. The molecule has 0 saturated heterocycles. The van der Waals surface area contributed by atoms with E-state index in [1.807, 2.05) is 35.9 Å². The first-order valence-corrected chi connectivity index (χ1v) is 6.67. The summed E-state index contributed by atoms with van der Waals surface area (Å²) in [6, 6.07) is 14.8. The Bertz CT molecular complexity index is 764. The molecule has 102 valence electrons. The van der Waals surface area contributed by atoms with Crippen molar-refractivity contribution in [1.82, 2.24) is 4.57 Å². The van der Waals surface area contributed by atoms with Crippen molar-refractivity contribution in [3.8, 4) is 11.5 Å². The van der Waals surface area contributed by atoms with Crippen molar-refractivity contribution in [2.75, 3.05) is 0 Å². The van der Waals surface area contributed by atoms with E-state index in [2.05, 4.69) is 6.07 Å². The maximum absolute atomic E-state index is 9.68. The quantitative estimate of drug-likeness (QED) is 0.786. The number of nitrogens with zero attached hydrogens (tertiary/aromatic N) is 1. The SMILES string of the molecule is Cn1c(COc2ccccc2O)cc2ccc(Cl)cc21. The van der Waals surface area contributed by atoms with Crippen LogP contribution in [0.4, 0.5) is 0 Å². The van der Waals surface area contributed by atoms with Crippen LogP contribution >= 0.6 is 11.6 Å². The molecule has 1 heterocycles. The molecule has 0 radical (unpaired) electrons. The Morgan fingerprint density at radius 1 is 1.15 bits per heavy atom. The van der Waals surface area contributed by atoms with E-state index in [0.717, 1.165) is 16.6 Å². The molecule has 1 N–H and O–H groups in total. The maximum Gasteiger partial charge on any atom is 0.161 e. The summed E-state index contributed by atoms with van der Waals surface area (Å²) in [6.07, 6.45) is 0. The van der Waals surface area contributed by atoms with E-state index in [0.29, 0.717) is 17.4 Å². The molecule has 3 rings (SSSR count). The molecule has 0 amide bonds. The molecule has 0 unspecified atom stereocenters. The fourth-order valence-corrected chi connectivity index (χ4v) is 2.40. The van der Waals surface area contributed by atoms with Crippen LogP contribution in [0.3, 0.4) is 0 Å². The zero-order chi connectivity index (χ0) is 14.1. The van der Waals surface area contributed by atoms with E-state index in [1.54, 1.807) is 18.2 Å². The maximum atomic E-state index is 9.68. The number of aromatic nitrogens is 1. The number of halogens is 1. The fraction of sp³-hybridized carbons (Fsp3) is 0.125. The number of aryl methyl sites for hydroxylation is 1. The summed E-state index contributed by atoms with van der Waals surface area (Å²) in [6.45, 7) is 0.389. The summed E-state index contributed by atoms with van der Waals surface area (Å²) in [5, 5.41) is 11.5. The molecule has 2 aromatic carbocycles. The number of benzene rings is 2. The third-order valence-corrected chi connectivity index (χ3v) is 3.58. The average Bonchev–Trinajstić information content (AvgIpc) is 2.75. The van der Waals surface area contributed by atoms with Crippen LogP contribution in [0.1, 0.15) is 5.69 Å². The highest BCUT2D eigenvalue weighted by molar-refractivity contribution is 6.31. The average molecular weight is 288 g/mol. The highest BCUT2D eigenvalue weighted by atomic mass is 35.5. The van der Waals surface area contributed by atoms with Crippen molar-refractivity contribution < 1.29 is 9.84 Å². The minimum atomic E-state index is 0.148. The fourth-order valence-electron chi connectivity index (χ4n) is 2.23. The highest BCUT2D eigenvalue weighted by Gasteiger charge is 2.08. The predicted octanol–water partition coefficient (Wildman–Crippen LogP) is 4.12. The summed E-state index contributed by atoms with van der Waals surface area (Å²) < 4.78 is 7.70. The lowest BCUT2D eigenvalue weighted by Crippen LogP contribution is -2.01. The van der Waals surface area contributed by atoms with Gasteiger partial charge in [0.15, 0.2) is 11.5 Å². The van der Waals surface area contributed by atoms with Crippen LogP contribution in [0.5, 0.6) is 11.5 Å². The molecule has 1 aromatic heterocycles. The van der Waals surface area contributed by atoms with E-state index in [9.17, 15) is 5.11 Å². The second kappa shape index (κ2) is 5.10. The summed E-state index contributed by atoms with van der Waals surface area (Å²) >= 11 is 6.02. The zero-order valence-corrected chi connectivity index (χ0v) is 11.8. The van der Waals surface area contributed by atoms with Gasteiger partial charge in [-0.15, -0.1) is 0 Å². The van der Waals surface area contributed by atoms with Crippen molar-refractivity contribution in [3.63, 3.8) is 0 Å². The van der Waals surface area contributed by atoms with Crippen LogP contribution in [0.15, 0.2) is 48.5 Å². The van der Waals surface area contributed by atoms with Crippen LogP contribution in [0, 0.1) is 0 Å². The van der Waals surface area contributed by atoms with Gasteiger partial charge in [0, 0.05) is 23.0 Å². The largest absolute Gasteiger partial charge is 0.504 e. The van der Waals surface area contributed by atoms with Gasteiger partial charge >= 0.3 is 0 Å². The predicted molar refractivity (Wildman–Crippen MR) is 80.4 cm³/mol. The normalized spacial score (nSPS) is 10.9. The first-order valence-electron chi connectivity index (χ1n) is 6.30. The Labute approximate surface area is 122 Å². The van der Waals surface area contributed by atoms with Crippen molar-refractivity contribution in [2.24, 2.45) is 7.05 Å². The van der Waals surface area contributed by atoms with Crippen molar-refractivity contribution >= 4 is 22.5 Å². The lowest BCUT2D eigenvalue weighted by Gasteiger charge is -2.08. The van der Waals surface area contributed by atoms with Gasteiger partial charge in [0.1, 0.15) is 6.61 Å². The Balaban J connectivity index is 1.88. The lowest BCUT2D eigenvalue weighted by molar-refractivity contribution is 0.282. The monoisotopic (exact) mass is 287 g/mol. The second-order valence-electron chi connectivity index (χ2n) is 4.65. The molecule has 0 spiro atoms. The van der Waals surface area contributed by atoms with Crippen LogP contribution in [-0.4, -0.2) is 9.67 Å². The Kier molecular flexibility index (Phi) is 3.28. The molecule has 3 nitrogen and oxygen atoms in total. The Morgan fingerprint density at radius 3 is 2.75 bits per heavy atom. The van der Waals surface area contributed by atoms with Gasteiger partial charge in [-0.05, 0) is 30.3 Å². The Hall–Kier alpha value is -2.13. The van der Waals surface area contributed by atoms with Gasteiger partial charge in [-0.25, -0.2) is 0 Å². The third kappa shape index (κ3) is 2.32. The third-order valence-electron chi connectivity index (χ3n) is 3.35. The number of phenols is 1. The minimum absolute atomic E-state index is 0.148. The molecule has 0 aliphatic rings. The van der Waals surface area contributed by atoms with Gasteiger partial charge in [0.05, 0.1) is 5.69 Å².